The van der Waals surface area contributed by atoms with Gasteiger partial charge in [-0.3, -0.25) is 14.4 Å². The number of rotatable bonds is 8. The number of aliphatic hydroxyl groups excluding tert-OH is 1. The van der Waals surface area contributed by atoms with Crippen LogP contribution in [0.1, 0.15) is 33.1 Å². The fourth-order valence-electron chi connectivity index (χ4n) is 3.64. The quantitative estimate of drug-likeness (QED) is 0.604. The number of piperidine rings is 1. The molecule has 30 heavy (non-hydrogen) atoms. The van der Waals surface area contributed by atoms with Crippen molar-refractivity contribution in [1.29, 1.82) is 0 Å². The predicted octanol–water partition coefficient (Wildman–Crippen LogP) is 3.67. The monoisotopic (exact) mass is 478 g/mol. The minimum Gasteiger partial charge on any atom is -0.492 e. The molecule has 1 aromatic heterocycles. The van der Waals surface area contributed by atoms with Gasteiger partial charge in [-0.1, -0.05) is 13.8 Å². The van der Waals surface area contributed by atoms with E-state index in [1.807, 2.05) is 39.1 Å². The molecular weight excluding hydrogens is 448 g/mol. The smallest absolute Gasteiger partial charge is 0.224 e. The minimum atomic E-state index is -0.172. The molecule has 0 atom stereocenters. The molecule has 8 heteroatoms. The highest BCUT2D eigenvalue weighted by atomic mass is 79.9. The van der Waals surface area contributed by atoms with Crippen molar-refractivity contribution in [2.24, 2.45) is 13.0 Å². The van der Waals surface area contributed by atoms with E-state index >= 15 is 0 Å². The number of aromatic nitrogens is 2. The molecule has 7 nitrogen and oxygen atoms in total. The van der Waals surface area contributed by atoms with Gasteiger partial charge in [0.15, 0.2) is 0 Å². The number of amides is 1. The summed E-state index contributed by atoms with van der Waals surface area (Å²) >= 11 is 3.57. The predicted molar refractivity (Wildman–Crippen MR) is 122 cm³/mol. The van der Waals surface area contributed by atoms with Gasteiger partial charge < -0.3 is 15.2 Å². The number of carbonyl (C=O) groups excluding carboxylic acids is 1. The van der Waals surface area contributed by atoms with E-state index in [0.717, 1.165) is 59.6 Å². The van der Waals surface area contributed by atoms with Crippen LogP contribution in [0.2, 0.25) is 0 Å². The molecule has 2 N–H and O–H groups in total. The fraction of sp³-hybridized carbons (Fsp3) is 0.545. The molecule has 0 bridgehead atoms. The first-order valence-corrected chi connectivity index (χ1v) is 11.3. The molecule has 0 unspecified atom stereocenters. The van der Waals surface area contributed by atoms with Crippen molar-refractivity contribution < 1.29 is 14.6 Å². The van der Waals surface area contributed by atoms with Gasteiger partial charge >= 0.3 is 0 Å². The summed E-state index contributed by atoms with van der Waals surface area (Å²) in [5, 5.41) is 17.0. The minimum absolute atomic E-state index is 0.000904. The maximum absolute atomic E-state index is 12.2. The Hall–Kier alpha value is -1.90. The number of benzene rings is 1. The Balaban J connectivity index is 1.75. The van der Waals surface area contributed by atoms with Crippen LogP contribution in [0.15, 0.2) is 28.9 Å². The lowest BCUT2D eigenvalue weighted by Crippen LogP contribution is -2.38. The van der Waals surface area contributed by atoms with Crippen molar-refractivity contribution in [2.75, 3.05) is 31.6 Å². The van der Waals surface area contributed by atoms with E-state index in [4.69, 9.17) is 4.74 Å². The van der Waals surface area contributed by atoms with E-state index in [1.165, 1.54) is 0 Å². The molecule has 164 valence electrons. The number of anilines is 1. The van der Waals surface area contributed by atoms with Crippen molar-refractivity contribution in [1.82, 2.24) is 14.7 Å². The van der Waals surface area contributed by atoms with Gasteiger partial charge in [0.05, 0.1) is 22.5 Å². The van der Waals surface area contributed by atoms with E-state index in [2.05, 4.69) is 31.2 Å². The van der Waals surface area contributed by atoms with Crippen molar-refractivity contribution in [2.45, 2.75) is 39.2 Å². The lowest BCUT2D eigenvalue weighted by molar-refractivity contribution is -0.116. The molecule has 0 spiro atoms. The van der Waals surface area contributed by atoms with Crippen LogP contribution in [0, 0.1) is 5.92 Å². The molecular formula is C22H31BrN4O3. The van der Waals surface area contributed by atoms with Gasteiger partial charge in [0.2, 0.25) is 5.91 Å². The van der Waals surface area contributed by atoms with Gasteiger partial charge in [-0.25, -0.2) is 0 Å². The van der Waals surface area contributed by atoms with Crippen LogP contribution in [0.4, 0.5) is 5.69 Å². The van der Waals surface area contributed by atoms with Crippen LogP contribution in [0.3, 0.4) is 0 Å². The summed E-state index contributed by atoms with van der Waals surface area (Å²) in [4.78, 5) is 14.5. The number of halogens is 1. The van der Waals surface area contributed by atoms with Crippen LogP contribution < -0.4 is 10.1 Å². The number of aryl methyl sites for hydroxylation is 1. The van der Waals surface area contributed by atoms with Crippen LogP contribution in [-0.2, 0) is 11.8 Å². The topological polar surface area (TPSA) is 79.6 Å². The molecule has 1 aliphatic heterocycles. The molecule has 3 rings (SSSR count). The largest absolute Gasteiger partial charge is 0.492 e. The third-order valence-corrected chi connectivity index (χ3v) is 5.81. The Morgan fingerprint density at radius 1 is 1.37 bits per heavy atom. The molecule has 2 heterocycles. The standard InChI is InChI=1S/C22H31BrN4O3/c1-15(2)12-21(29)25-16-4-5-20(18(13-16)22-19(23)14-24-26(22)3)30-11-10-27-8-6-17(28)7-9-27/h4-5,13-15,17,28H,6-12H2,1-3H3,(H,25,29). The summed E-state index contributed by atoms with van der Waals surface area (Å²) in [7, 11) is 1.88. The summed E-state index contributed by atoms with van der Waals surface area (Å²) in [6, 6.07) is 5.71. The Bertz CT molecular complexity index is 841. The molecule has 0 aliphatic carbocycles. The number of hydrogen-bond donors (Lipinski definition) is 2. The summed E-state index contributed by atoms with van der Waals surface area (Å²) in [5.41, 5.74) is 2.51. The first-order valence-electron chi connectivity index (χ1n) is 10.5. The number of nitrogens with one attached hydrogen (secondary N) is 1. The number of ether oxygens (including phenoxy) is 1. The van der Waals surface area contributed by atoms with Crippen LogP contribution in [0.5, 0.6) is 5.75 Å². The second-order valence-corrected chi connectivity index (χ2v) is 9.10. The number of hydrogen-bond acceptors (Lipinski definition) is 5. The number of nitrogens with zero attached hydrogens (tertiary/aromatic N) is 3. The Morgan fingerprint density at radius 3 is 2.73 bits per heavy atom. The summed E-state index contributed by atoms with van der Waals surface area (Å²) in [5.74, 6) is 1.05. The Morgan fingerprint density at radius 2 is 2.10 bits per heavy atom. The van der Waals surface area contributed by atoms with Gasteiger partial charge in [0, 0.05) is 44.4 Å². The SMILES string of the molecule is CC(C)CC(=O)Nc1ccc(OCCN2CCC(O)CC2)c(-c2c(Br)cnn2C)c1. The van der Waals surface area contributed by atoms with Gasteiger partial charge in [-0.05, 0) is 52.9 Å². The zero-order valence-electron chi connectivity index (χ0n) is 17.9. The first kappa shape index (κ1) is 22.8. The molecule has 0 saturated carbocycles. The number of carbonyl (C=O) groups is 1. The highest BCUT2D eigenvalue weighted by Gasteiger charge is 2.19. The average Bonchev–Trinajstić information content (AvgIpc) is 3.02. The van der Waals surface area contributed by atoms with Crippen LogP contribution in [0.25, 0.3) is 11.3 Å². The highest BCUT2D eigenvalue weighted by molar-refractivity contribution is 9.10. The second kappa shape index (κ2) is 10.4. The molecule has 0 radical (unpaired) electrons. The average molecular weight is 479 g/mol. The lowest BCUT2D eigenvalue weighted by Gasteiger charge is -2.29. The molecule has 1 saturated heterocycles. The first-order chi connectivity index (χ1) is 14.3. The van der Waals surface area contributed by atoms with Gasteiger partial charge in [-0.15, -0.1) is 0 Å². The summed E-state index contributed by atoms with van der Waals surface area (Å²) < 4.78 is 8.80. The van der Waals surface area contributed by atoms with Crippen LogP contribution >= 0.6 is 15.9 Å². The molecule has 1 aromatic carbocycles. The maximum Gasteiger partial charge on any atom is 0.224 e. The van der Waals surface area contributed by atoms with E-state index in [9.17, 15) is 9.90 Å². The van der Waals surface area contributed by atoms with Crippen molar-refractivity contribution in [3.05, 3.63) is 28.9 Å². The third kappa shape index (κ3) is 6.06. The third-order valence-electron chi connectivity index (χ3n) is 5.23. The van der Waals surface area contributed by atoms with E-state index in [-0.39, 0.29) is 12.0 Å². The van der Waals surface area contributed by atoms with Gasteiger partial charge in [0.25, 0.3) is 0 Å². The Labute approximate surface area is 186 Å². The summed E-state index contributed by atoms with van der Waals surface area (Å²) in [6.07, 6.45) is 3.69. The zero-order chi connectivity index (χ0) is 21.7. The van der Waals surface area contributed by atoms with Gasteiger partial charge in [-0.2, -0.15) is 5.10 Å². The molecule has 1 aliphatic rings. The van der Waals surface area contributed by atoms with E-state index in [0.29, 0.717) is 18.9 Å². The molecule has 2 aromatic rings. The Kier molecular flexibility index (Phi) is 7.91. The fourth-order valence-corrected chi connectivity index (χ4v) is 4.20. The van der Waals surface area contributed by atoms with E-state index < -0.39 is 0 Å². The maximum atomic E-state index is 12.2. The normalized spacial score (nSPS) is 15.5. The van der Waals surface area contributed by atoms with Crippen molar-refractivity contribution in [3.63, 3.8) is 0 Å². The lowest BCUT2D eigenvalue weighted by atomic mass is 10.1. The van der Waals surface area contributed by atoms with Gasteiger partial charge in [0.1, 0.15) is 12.4 Å². The number of likely N-dealkylation sites (tertiary alicyclic amines) is 1. The highest BCUT2D eigenvalue weighted by Crippen LogP contribution is 2.36. The van der Waals surface area contributed by atoms with Crippen LogP contribution in [-0.4, -0.2) is 58.0 Å². The molecule has 1 amide bonds. The second-order valence-electron chi connectivity index (χ2n) is 8.24. The molecule has 1 fully saturated rings. The summed E-state index contributed by atoms with van der Waals surface area (Å²) in [6.45, 7) is 7.20. The van der Waals surface area contributed by atoms with Crippen molar-refractivity contribution in [3.8, 4) is 17.0 Å². The van der Waals surface area contributed by atoms with Crippen molar-refractivity contribution >= 4 is 27.5 Å². The zero-order valence-corrected chi connectivity index (χ0v) is 19.5. The number of aliphatic hydroxyl groups is 1. The van der Waals surface area contributed by atoms with E-state index in [1.54, 1.807) is 10.9 Å².